The van der Waals surface area contributed by atoms with Gasteiger partial charge in [-0.2, -0.15) is 0 Å². The third kappa shape index (κ3) is 3.95. The van der Waals surface area contributed by atoms with Crippen LogP contribution in [0.1, 0.15) is 20.3 Å². The van der Waals surface area contributed by atoms with Gasteiger partial charge in [-0.05, 0) is 5.92 Å². The third-order valence-electron chi connectivity index (χ3n) is 2.09. The van der Waals surface area contributed by atoms with Crippen LogP contribution < -0.4 is 5.32 Å². The summed E-state index contributed by atoms with van der Waals surface area (Å²) in [4.78, 5) is 11.3. The highest BCUT2D eigenvalue weighted by atomic mass is 16.5. The predicted octanol–water partition coefficient (Wildman–Crippen LogP) is 0.797. The second kappa shape index (κ2) is 6.50. The second-order valence-corrected chi connectivity index (χ2v) is 2.97. The van der Waals surface area contributed by atoms with Crippen molar-refractivity contribution in [3.05, 3.63) is 0 Å². The second-order valence-electron chi connectivity index (χ2n) is 2.97. The summed E-state index contributed by atoms with van der Waals surface area (Å²) in [5.74, 6) is 2.43. The predicted molar refractivity (Wildman–Crippen MR) is 52.1 cm³/mol. The van der Waals surface area contributed by atoms with E-state index in [0.29, 0.717) is 6.54 Å². The van der Waals surface area contributed by atoms with Crippen molar-refractivity contribution in [1.82, 2.24) is 5.32 Å². The molecule has 0 aliphatic heterocycles. The van der Waals surface area contributed by atoms with Crippen molar-refractivity contribution in [2.24, 2.45) is 5.92 Å². The van der Waals surface area contributed by atoms with E-state index in [1.165, 1.54) is 7.11 Å². The van der Waals surface area contributed by atoms with Gasteiger partial charge in [0.15, 0.2) is 0 Å². The lowest BCUT2D eigenvalue weighted by atomic mass is 9.99. The average molecular weight is 183 g/mol. The highest BCUT2D eigenvalue weighted by Gasteiger charge is 2.23. The molecule has 0 bridgehead atoms. The van der Waals surface area contributed by atoms with E-state index in [-0.39, 0.29) is 17.9 Å². The number of nitrogens with one attached hydrogen (secondary N) is 1. The fourth-order valence-corrected chi connectivity index (χ4v) is 1.05. The highest BCUT2D eigenvalue weighted by molar-refractivity contribution is 5.76. The van der Waals surface area contributed by atoms with E-state index in [2.05, 4.69) is 16.0 Å². The lowest BCUT2D eigenvalue weighted by Gasteiger charge is -2.20. The molecule has 0 heterocycles. The van der Waals surface area contributed by atoms with Gasteiger partial charge in [-0.1, -0.05) is 26.2 Å². The molecule has 0 fully saturated rings. The summed E-state index contributed by atoms with van der Waals surface area (Å²) in [5, 5.41) is 2.96. The van der Waals surface area contributed by atoms with Crippen LogP contribution in [0, 0.1) is 18.3 Å². The van der Waals surface area contributed by atoms with Crippen molar-refractivity contribution < 1.29 is 9.53 Å². The fourth-order valence-electron chi connectivity index (χ4n) is 1.05. The van der Waals surface area contributed by atoms with Crippen LogP contribution in [0.4, 0.5) is 0 Å². The van der Waals surface area contributed by atoms with E-state index in [1.54, 1.807) is 0 Å². The maximum Gasteiger partial charge on any atom is 0.323 e. The zero-order valence-corrected chi connectivity index (χ0v) is 8.46. The minimum absolute atomic E-state index is 0.237. The summed E-state index contributed by atoms with van der Waals surface area (Å²) in [6.45, 7) is 4.41. The van der Waals surface area contributed by atoms with Crippen LogP contribution in [-0.4, -0.2) is 25.7 Å². The SMILES string of the molecule is C#CCNC(C(=O)OC)C(C)CC. The Morgan fingerprint density at radius 3 is 2.69 bits per heavy atom. The zero-order chi connectivity index (χ0) is 10.3. The van der Waals surface area contributed by atoms with Crippen molar-refractivity contribution in [3.8, 4) is 12.3 Å². The number of methoxy groups -OCH3 is 1. The molecular weight excluding hydrogens is 166 g/mol. The van der Waals surface area contributed by atoms with Gasteiger partial charge in [-0.25, -0.2) is 0 Å². The lowest BCUT2D eigenvalue weighted by Crippen LogP contribution is -2.42. The number of ether oxygens (including phenoxy) is 1. The van der Waals surface area contributed by atoms with Gasteiger partial charge in [0.05, 0.1) is 13.7 Å². The molecule has 74 valence electrons. The number of esters is 1. The summed E-state index contributed by atoms with van der Waals surface area (Å²) in [7, 11) is 1.38. The van der Waals surface area contributed by atoms with Crippen molar-refractivity contribution in [1.29, 1.82) is 0 Å². The van der Waals surface area contributed by atoms with Crippen molar-refractivity contribution in [2.75, 3.05) is 13.7 Å². The molecule has 0 aromatic carbocycles. The van der Waals surface area contributed by atoms with Crippen molar-refractivity contribution >= 4 is 5.97 Å². The van der Waals surface area contributed by atoms with Crippen molar-refractivity contribution in [3.63, 3.8) is 0 Å². The molecule has 0 saturated heterocycles. The van der Waals surface area contributed by atoms with Crippen LogP contribution in [0.5, 0.6) is 0 Å². The molecule has 13 heavy (non-hydrogen) atoms. The first-order valence-corrected chi connectivity index (χ1v) is 4.42. The van der Waals surface area contributed by atoms with Crippen molar-refractivity contribution in [2.45, 2.75) is 26.3 Å². The van der Waals surface area contributed by atoms with E-state index in [0.717, 1.165) is 6.42 Å². The van der Waals surface area contributed by atoms with Crippen LogP contribution in [0.3, 0.4) is 0 Å². The van der Waals surface area contributed by atoms with E-state index in [1.807, 2.05) is 13.8 Å². The summed E-state index contributed by atoms with van der Waals surface area (Å²) >= 11 is 0. The molecule has 0 aromatic heterocycles. The summed E-state index contributed by atoms with van der Waals surface area (Å²) in [6.07, 6.45) is 6.01. The third-order valence-corrected chi connectivity index (χ3v) is 2.09. The van der Waals surface area contributed by atoms with Gasteiger partial charge < -0.3 is 4.74 Å². The van der Waals surface area contributed by atoms with E-state index >= 15 is 0 Å². The minimum atomic E-state index is -0.286. The van der Waals surface area contributed by atoms with Gasteiger partial charge in [0.1, 0.15) is 6.04 Å². The molecule has 2 unspecified atom stereocenters. The summed E-state index contributed by atoms with van der Waals surface area (Å²) in [6, 6.07) is -0.286. The Morgan fingerprint density at radius 1 is 1.69 bits per heavy atom. The number of carbonyl (C=O) groups excluding carboxylic acids is 1. The monoisotopic (exact) mass is 183 g/mol. The van der Waals surface area contributed by atoms with Gasteiger partial charge >= 0.3 is 5.97 Å². The molecule has 0 rings (SSSR count). The topological polar surface area (TPSA) is 38.3 Å². The molecule has 0 radical (unpaired) electrons. The van der Waals surface area contributed by atoms with E-state index in [4.69, 9.17) is 6.42 Å². The number of terminal acetylenes is 1. The first-order valence-electron chi connectivity index (χ1n) is 4.42. The Labute approximate surface area is 79.8 Å². The average Bonchev–Trinajstić information content (AvgIpc) is 2.17. The van der Waals surface area contributed by atoms with Gasteiger partial charge in [0.2, 0.25) is 0 Å². The maximum atomic E-state index is 11.3. The molecule has 0 aliphatic rings. The Morgan fingerprint density at radius 2 is 2.31 bits per heavy atom. The van der Waals surface area contributed by atoms with Gasteiger partial charge in [-0.3, -0.25) is 10.1 Å². The summed E-state index contributed by atoms with van der Waals surface area (Å²) < 4.78 is 4.66. The van der Waals surface area contributed by atoms with Crippen LogP contribution in [0.2, 0.25) is 0 Å². The fraction of sp³-hybridized carbons (Fsp3) is 0.700. The van der Waals surface area contributed by atoms with Gasteiger partial charge in [0, 0.05) is 0 Å². The van der Waals surface area contributed by atoms with Crippen LogP contribution in [-0.2, 0) is 9.53 Å². The Kier molecular flexibility index (Phi) is 5.99. The summed E-state index contributed by atoms with van der Waals surface area (Å²) in [5.41, 5.74) is 0. The first kappa shape index (κ1) is 12.0. The molecule has 3 heteroatoms. The molecule has 0 aliphatic carbocycles. The minimum Gasteiger partial charge on any atom is -0.468 e. The number of carbonyl (C=O) groups is 1. The number of hydrogen-bond acceptors (Lipinski definition) is 3. The number of rotatable bonds is 5. The molecule has 2 atom stereocenters. The van der Waals surface area contributed by atoms with Gasteiger partial charge in [-0.15, -0.1) is 6.42 Å². The largest absolute Gasteiger partial charge is 0.468 e. The Balaban J connectivity index is 4.19. The van der Waals surface area contributed by atoms with E-state index in [9.17, 15) is 4.79 Å². The molecule has 0 spiro atoms. The first-order chi connectivity index (χ1) is 6.17. The standard InChI is InChI=1S/C10H17NO2/c1-5-7-11-9(8(3)6-2)10(12)13-4/h1,8-9,11H,6-7H2,2-4H3. The molecule has 0 aromatic rings. The van der Waals surface area contributed by atoms with Crippen LogP contribution in [0.15, 0.2) is 0 Å². The maximum absolute atomic E-state index is 11.3. The molecule has 1 N–H and O–H groups in total. The smallest absolute Gasteiger partial charge is 0.323 e. The Hall–Kier alpha value is -1.01. The van der Waals surface area contributed by atoms with Crippen LogP contribution >= 0.6 is 0 Å². The molecule has 0 saturated carbocycles. The van der Waals surface area contributed by atoms with Gasteiger partial charge in [0.25, 0.3) is 0 Å². The quantitative estimate of drug-likeness (QED) is 0.506. The zero-order valence-electron chi connectivity index (χ0n) is 8.46. The van der Waals surface area contributed by atoms with Crippen LogP contribution in [0.25, 0.3) is 0 Å². The molecule has 3 nitrogen and oxygen atoms in total. The Bertz CT molecular complexity index is 196. The normalized spacial score (nSPS) is 14.3. The highest BCUT2D eigenvalue weighted by Crippen LogP contribution is 2.08. The lowest BCUT2D eigenvalue weighted by molar-refractivity contribution is -0.144. The van der Waals surface area contributed by atoms with E-state index < -0.39 is 0 Å². The number of hydrogen-bond donors (Lipinski definition) is 1. The molecular formula is C10H17NO2. The molecule has 0 amide bonds.